The zero-order valence-corrected chi connectivity index (χ0v) is 17.9. The molecule has 0 aliphatic carbocycles. The van der Waals surface area contributed by atoms with Gasteiger partial charge in [-0.15, -0.1) is 0 Å². The van der Waals surface area contributed by atoms with Crippen LogP contribution in [0.4, 0.5) is 0 Å². The highest BCUT2D eigenvalue weighted by atomic mass is 35.5. The number of carbonyl (C=O) groups excluding carboxylic acids is 2. The standard InChI is InChI=1S/C21H25ClN4O3/c1-13(2)21(5,12-23)24-19(27)15(4)29-20(28)17-14(3)25-26(18(17)22)11-16-9-7-6-8-10-16/h6-10,13,15H,11H2,1-5H3,(H,24,27)/t15-,21+/m1/s1. The van der Waals surface area contributed by atoms with E-state index >= 15 is 0 Å². The molecule has 0 spiro atoms. The lowest BCUT2D eigenvalue weighted by Crippen LogP contribution is -2.52. The van der Waals surface area contributed by atoms with Gasteiger partial charge >= 0.3 is 5.97 Å². The quantitative estimate of drug-likeness (QED) is 0.696. The Morgan fingerprint density at radius 3 is 2.48 bits per heavy atom. The van der Waals surface area contributed by atoms with Gasteiger partial charge in [0.15, 0.2) is 6.10 Å². The Morgan fingerprint density at radius 1 is 1.31 bits per heavy atom. The molecule has 8 heteroatoms. The minimum absolute atomic E-state index is 0.118. The Morgan fingerprint density at radius 2 is 1.93 bits per heavy atom. The Balaban J connectivity index is 2.12. The molecule has 0 aliphatic rings. The van der Waals surface area contributed by atoms with Gasteiger partial charge in [0.2, 0.25) is 0 Å². The number of nitrogens with one attached hydrogen (secondary N) is 1. The van der Waals surface area contributed by atoms with Gasteiger partial charge < -0.3 is 10.1 Å². The van der Waals surface area contributed by atoms with E-state index in [4.69, 9.17) is 16.3 Å². The lowest BCUT2D eigenvalue weighted by Gasteiger charge is -2.28. The number of ether oxygens (including phenoxy) is 1. The first-order chi connectivity index (χ1) is 13.6. The first-order valence-electron chi connectivity index (χ1n) is 9.30. The SMILES string of the molecule is Cc1nn(Cc2ccccc2)c(Cl)c1C(=O)O[C@H](C)C(=O)N[C@@](C)(C#N)C(C)C. The van der Waals surface area contributed by atoms with Crippen molar-refractivity contribution in [3.8, 4) is 6.07 Å². The summed E-state index contributed by atoms with van der Waals surface area (Å²) in [6.45, 7) is 8.77. The molecular weight excluding hydrogens is 392 g/mol. The fourth-order valence-corrected chi connectivity index (χ4v) is 2.89. The molecule has 0 unspecified atom stereocenters. The largest absolute Gasteiger partial charge is 0.449 e. The molecular formula is C21H25ClN4O3. The number of carbonyl (C=O) groups is 2. The maximum atomic E-state index is 12.6. The number of nitrogens with zero attached hydrogens (tertiary/aromatic N) is 3. The van der Waals surface area contributed by atoms with Crippen LogP contribution >= 0.6 is 11.6 Å². The molecule has 29 heavy (non-hydrogen) atoms. The minimum atomic E-state index is -1.10. The van der Waals surface area contributed by atoms with E-state index in [1.165, 1.54) is 11.6 Å². The lowest BCUT2D eigenvalue weighted by molar-refractivity contribution is -0.130. The zero-order chi connectivity index (χ0) is 21.8. The van der Waals surface area contributed by atoms with Crippen molar-refractivity contribution in [2.24, 2.45) is 5.92 Å². The van der Waals surface area contributed by atoms with E-state index in [9.17, 15) is 14.9 Å². The molecule has 0 aliphatic heterocycles. The summed E-state index contributed by atoms with van der Waals surface area (Å²) >= 11 is 6.36. The molecule has 2 atom stereocenters. The molecule has 1 aromatic carbocycles. The van der Waals surface area contributed by atoms with Crippen LogP contribution in [0.5, 0.6) is 0 Å². The molecule has 0 radical (unpaired) electrons. The highest BCUT2D eigenvalue weighted by molar-refractivity contribution is 6.32. The number of benzene rings is 1. The summed E-state index contributed by atoms with van der Waals surface area (Å²) < 4.78 is 6.81. The second kappa shape index (κ2) is 9.10. The molecule has 0 saturated heterocycles. The third-order valence-electron chi connectivity index (χ3n) is 4.87. The molecule has 1 heterocycles. The Hall–Kier alpha value is -2.85. The fraction of sp³-hybridized carbons (Fsp3) is 0.429. The lowest BCUT2D eigenvalue weighted by atomic mass is 9.90. The van der Waals surface area contributed by atoms with Crippen molar-refractivity contribution in [2.45, 2.75) is 52.8 Å². The van der Waals surface area contributed by atoms with Gasteiger partial charge in [-0.05, 0) is 32.3 Å². The number of aryl methyl sites for hydroxylation is 1. The van der Waals surface area contributed by atoms with Crippen molar-refractivity contribution < 1.29 is 14.3 Å². The van der Waals surface area contributed by atoms with E-state index in [0.717, 1.165) is 5.56 Å². The maximum absolute atomic E-state index is 12.6. The molecule has 0 fully saturated rings. The van der Waals surface area contributed by atoms with Crippen molar-refractivity contribution in [1.82, 2.24) is 15.1 Å². The predicted octanol–water partition coefficient (Wildman–Crippen LogP) is 3.49. The number of hydrogen-bond donors (Lipinski definition) is 1. The van der Waals surface area contributed by atoms with Crippen LogP contribution in [-0.4, -0.2) is 33.3 Å². The summed E-state index contributed by atoms with van der Waals surface area (Å²) in [5.74, 6) is -1.41. The number of nitriles is 1. The summed E-state index contributed by atoms with van der Waals surface area (Å²) in [7, 11) is 0. The van der Waals surface area contributed by atoms with Gasteiger partial charge in [0.05, 0.1) is 18.3 Å². The third-order valence-corrected chi connectivity index (χ3v) is 5.25. The fourth-order valence-electron chi connectivity index (χ4n) is 2.58. The second-order valence-electron chi connectivity index (χ2n) is 7.40. The molecule has 2 aromatic rings. The molecule has 0 bridgehead atoms. The predicted molar refractivity (Wildman–Crippen MR) is 109 cm³/mol. The van der Waals surface area contributed by atoms with Crippen molar-refractivity contribution in [1.29, 1.82) is 5.26 Å². The normalized spacial score (nSPS) is 14.0. The molecule has 0 saturated carbocycles. The van der Waals surface area contributed by atoms with Crippen LogP contribution in [0.15, 0.2) is 30.3 Å². The van der Waals surface area contributed by atoms with Crippen molar-refractivity contribution >= 4 is 23.5 Å². The van der Waals surface area contributed by atoms with Crippen LogP contribution < -0.4 is 5.32 Å². The van der Waals surface area contributed by atoms with Crippen LogP contribution in [0.2, 0.25) is 5.15 Å². The number of esters is 1. The second-order valence-corrected chi connectivity index (χ2v) is 7.76. The molecule has 154 valence electrons. The van der Waals surface area contributed by atoms with Crippen molar-refractivity contribution in [2.75, 3.05) is 0 Å². The van der Waals surface area contributed by atoms with Crippen LogP contribution in [0.25, 0.3) is 0 Å². The molecule has 1 N–H and O–H groups in total. The number of halogens is 1. The Kier molecular flexibility index (Phi) is 7.04. The zero-order valence-electron chi connectivity index (χ0n) is 17.2. The topological polar surface area (TPSA) is 97.0 Å². The van der Waals surface area contributed by atoms with Crippen molar-refractivity contribution in [3.05, 3.63) is 52.3 Å². The van der Waals surface area contributed by atoms with Gasteiger partial charge in [0.1, 0.15) is 16.3 Å². The van der Waals surface area contributed by atoms with Gasteiger partial charge in [0, 0.05) is 0 Å². The smallest absolute Gasteiger partial charge is 0.343 e. The highest BCUT2D eigenvalue weighted by Crippen LogP contribution is 2.23. The summed E-state index contributed by atoms with van der Waals surface area (Å²) in [5.41, 5.74) is 0.446. The summed E-state index contributed by atoms with van der Waals surface area (Å²) in [5, 5.41) is 16.4. The van der Waals surface area contributed by atoms with E-state index in [1.807, 2.05) is 44.2 Å². The third kappa shape index (κ3) is 5.15. The molecule has 2 rings (SSSR count). The van der Waals surface area contributed by atoms with Gasteiger partial charge in [0.25, 0.3) is 5.91 Å². The van der Waals surface area contributed by atoms with Crippen LogP contribution in [0.1, 0.15) is 49.3 Å². The van der Waals surface area contributed by atoms with Crippen LogP contribution in [0, 0.1) is 24.2 Å². The average Bonchev–Trinajstić information content (AvgIpc) is 2.95. The van der Waals surface area contributed by atoms with E-state index < -0.39 is 23.5 Å². The van der Waals surface area contributed by atoms with Gasteiger partial charge in [-0.3, -0.25) is 4.79 Å². The highest BCUT2D eigenvalue weighted by Gasteiger charge is 2.33. The molecule has 1 aromatic heterocycles. The number of hydrogen-bond acceptors (Lipinski definition) is 5. The van der Waals surface area contributed by atoms with E-state index in [2.05, 4.69) is 16.5 Å². The summed E-state index contributed by atoms with van der Waals surface area (Å²) in [4.78, 5) is 25.0. The number of amides is 1. The summed E-state index contributed by atoms with van der Waals surface area (Å²) in [6, 6.07) is 11.7. The van der Waals surface area contributed by atoms with Crippen molar-refractivity contribution in [3.63, 3.8) is 0 Å². The number of aromatic nitrogens is 2. The van der Waals surface area contributed by atoms with E-state index in [-0.39, 0.29) is 16.6 Å². The van der Waals surface area contributed by atoms with Gasteiger partial charge in [-0.25, -0.2) is 9.48 Å². The van der Waals surface area contributed by atoms with Crippen LogP contribution in [-0.2, 0) is 16.1 Å². The Labute approximate surface area is 175 Å². The Bertz CT molecular complexity index is 933. The maximum Gasteiger partial charge on any atom is 0.343 e. The molecule has 1 amide bonds. The van der Waals surface area contributed by atoms with Gasteiger partial charge in [-0.2, -0.15) is 10.4 Å². The minimum Gasteiger partial charge on any atom is -0.449 e. The van der Waals surface area contributed by atoms with E-state index in [1.54, 1.807) is 13.8 Å². The van der Waals surface area contributed by atoms with E-state index in [0.29, 0.717) is 12.2 Å². The summed E-state index contributed by atoms with van der Waals surface area (Å²) in [6.07, 6.45) is -1.10. The number of rotatable bonds is 7. The van der Waals surface area contributed by atoms with Crippen LogP contribution in [0.3, 0.4) is 0 Å². The monoisotopic (exact) mass is 416 g/mol. The first kappa shape index (κ1) is 22.4. The first-order valence-corrected chi connectivity index (χ1v) is 9.68. The van der Waals surface area contributed by atoms with Gasteiger partial charge in [-0.1, -0.05) is 55.8 Å². The molecule has 7 nitrogen and oxygen atoms in total. The average molecular weight is 417 g/mol.